The first-order valence-electron chi connectivity index (χ1n) is 6.44. The summed E-state index contributed by atoms with van der Waals surface area (Å²) in [5, 5.41) is 0.648. The van der Waals surface area contributed by atoms with Crippen LogP contribution in [0.3, 0.4) is 0 Å². The van der Waals surface area contributed by atoms with Gasteiger partial charge in [0.15, 0.2) is 0 Å². The molecule has 0 saturated heterocycles. The van der Waals surface area contributed by atoms with E-state index in [0.29, 0.717) is 11.4 Å². The molecule has 1 heterocycles. The fraction of sp³-hybridized carbons (Fsp3) is 0.118. The van der Waals surface area contributed by atoms with Gasteiger partial charge >= 0.3 is 5.97 Å². The predicted octanol–water partition coefficient (Wildman–Crippen LogP) is 4.41. The van der Waals surface area contributed by atoms with Crippen molar-refractivity contribution < 1.29 is 9.53 Å². The van der Waals surface area contributed by atoms with Gasteiger partial charge in [-0.25, -0.2) is 4.79 Å². The van der Waals surface area contributed by atoms with Gasteiger partial charge in [-0.2, -0.15) is 0 Å². The lowest BCUT2D eigenvalue weighted by Gasteiger charge is -2.23. The lowest BCUT2D eigenvalue weighted by molar-refractivity contribution is -0.144. The van der Waals surface area contributed by atoms with Crippen LogP contribution in [0, 0.1) is 0 Å². The third-order valence-electron chi connectivity index (χ3n) is 3.32. The Morgan fingerprint density at radius 3 is 2.60 bits per heavy atom. The summed E-state index contributed by atoms with van der Waals surface area (Å²) in [6.07, 6.45) is 1.95. The smallest absolute Gasteiger partial charge is 0.331 e. The van der Waals surface area contributed by atoms with Crippen molar-refractivity contribution in [3.8, 4) is 0 Å². The molecule has 0 N–H and O–H groups in total. The number of hydrogen-bond acceptors (Lipinski definition) is 2. The van der Waals surface area contributed by atoms with Gasteiger partial charge in [0.05, 0.1) is 0 Å². The highest BCUT2D eigenvalue weighted by atomic mass is 35.5. The molecule has 1 aliphatic heterocycles. The molecule has 2 aromatic carbocycles. The quantitative estimate of drug-likeness (QED) is 0.764. The van der Waals surface area contributed by atoms with E-state index in [1.807, 2.05) is 54.6 Å². The van der Waals surface area contributed by atoms with Gasteiger partial charge in [-0.05, 0) is 28.8 Å². The number of carbonyl (C=O) groups is 1. The summed E-state index contributed by atoms with van der Waals surface area (Å²) in [5.41, 5.74) is 2.97. The van der Waals surface area contributed by atoms with E-state index in [2.05, 4.69) is 0 Å². The zero-order chi connectivity index (χ0) is 13.9. The first kappa shape index (κ1) is 12.9. The number of halogens is 1. The van der Waals surface area contributed by atoms with E-state index in [9.17, 15) is 4.79 Å². The summed E-state index contributed by atoms with van der Waals surface area (Å²) in [4.78, 5) is 11.8. The fourth-order valence-corrected chi connectivity index (χ4v) is 2.56. The van der Waals surface area contributed by atoms with Crippen LogP contribution in [0.4, 0.5) is 0 Å². The van der Waals surface area contributed by atoms with Crippen LogP contribution in [-0.4, -0.2) is 5.97 Å². The minimum atomic E-state index is -0.305. The lowest BCUT2D eigenvalue weighted by Crippen LogP contribution is -2.15. The monoisotopic (exact) mass is 284 g/mol. The molecule has 20 heavy (non-hydrogen) atoms. The third kappa shape index (κ3) is 2.75. The molecule has 0 spiro atoms. The Hall–Kier alpha value is -2.06. The highest BCUT2D eigenvalue weighted by molar-refractivity contribution is 6.30. The Labute approximate surface area is 122 Å². The zero-order valence-corrected chi connectivity index (χ0v) is 11.5. The minimum absolute atomic E-state index is 0.276. The van der Waals surface area contributed by atoms with Crippen molar-refractivity contribution in [2.75, 3.05) is 0 Å². The molecule has 1 aliphatic rings. The third-order valence-corrected chi connectivity index (χ3v) is 3.56. The average Bonchev–Trinajstić information content (AvgIpc) is 2.47. The van der Waals surface area contributed by atoms with Crippen LogP contribution in [0.15, 0.2) is 60.7 Å². The number of hydrogen-bond donors (Lipinski definition) is 0. The molecule has 0 aromatic heterocycles. The van der Waals surface area contributed by atoms with E-state index in [4.69, 9.17) is 16.3 Å². The molecule has 0 aliphatic carbocycles. The molecule has 100 valence electrons. The Bertz CT molecular complexity index is 662. The average molecular weight is 285 g/mol. The topological polar surface area (TPSA) is 26.3 Å². The van der Waals surface area contributed by atoms with Crippen LogP contribution in [0.1, 0.15) is 23.7 Å². The standard InChI is InChI=1S/C17H13ClO2/c18-15-8-4-7-13(9-15)16-10-14(11-17(19)20-16)12-5-2-1-3-6-12/h1-9,11,16H,10H2/t16-/m1/s1. The van der Waals surface area contributed by atoms with Crippen molar-refractivity contribution in [1.29, 1.82) is 0 Å². The Kier molecular flexibility index (Phi) is 3.57. The highest BCUT2D eigenvalue weighted by Crippen LogP contribution is 2.34. The summed E-state index contributed by atoms with van der Waals surface area (Å²) < 4.78 is 5.41. The predicted molar refractivity (Wildman–Crippen MR) is 79.3 cm³/mol. The second-order valence-electron chi connectivity index (χ2n) is 4.72. The minimum Gasteiger partial charge on any atom is -0.454 e. The largest absolute Gasteiger partial charge is 0.454 e. The van der Waals surface area contributed by atoms with Gasteiger partial charge < -0.3 is 4.74 Å². The summed E-state index contributed by atoms with van der Waals surface area (Å²) in [6, 6.07) is 17.3. The molecule has 1 atom stereocenters. The molecule has 0 radical (unpaired) electrons. The molecule has 0 saturated carbocycles. The van der Waals surface area contributed by atoms with Gasteiger partial charge in [0.1, 0.15) is 6.10 Å². The van der Waals surface area contributed by atoms with Gasteiger partial charge in [0.2, 0.25) is 0 Å². The molecule has 2 nitrogen and oxygen atoms in total. The van der Waals surface area contributed by atoms with E-state index in [0.717, 1.165) is 16.7 Å². The van der Waals surface area contributed by atoms with Crippen molar-refractivity contribution in [3.63, 3.8) is 0 Å². The van der Waals surface area contributed by atoms with Gasteiger partial charge in [0, 0.05) is 17.5 Å². The molecule has 2 aromatic rings. The Morgan fingerprint density at radius 1 is 1.05 bits per heavy atom. The first-order chi connectivity index (χ1) is 9.72. The van der Waals surface area contributed by atoms with Crippen molar-refractivity contribution >= 4 is 23.1 Å². The molecule has 3 rings (SSSR count). The highest BCUT2D eigenvalue weighted by Gasteiger charge is 2.23. The second kappa shape index (κ2) is 5.51. The molecule has 3 heteroatoms. The summed E-state index contributed by atoms with van der Waals surface area (Å²) >= 11 is 6.00. The summed E-state index contributed by atoms with van der Waals surface area (Å²) in [5.74, 6) is -0.305. The van der Waals surface area contributed by atoms with Crippen molar-refractivity contribution in [3.05, 3.63) is 76.8 Å². The van der Waals surface area contributed by atoms with Crippen LogP contribution in [-0.2, 0) is 9.53 Å². The van der Waals surface area contributed by atoms with Gasteiger partial charge in [0.25, 0.3) is 0 Å². The van der Waals surface area contributed by atoms with Crippen LogP contribution < -0.4 is 0 Å². The number of ether oxygens (including phenoxy) is 1. The Morgan fingerprint density at radius 2 is 1.85 bits per heavy atom. The second-order valence-corrected chi connectivity index (χ2v) is 5.16. The van der Waals surface area contributed by atoms with E-state index in [-0.39, 0.29) is 12.1 Å². The van der Waals surface area contributed by atoms with Gasteiger partial charge in [-0.15, -0.1) is 0 Å². The van der Waals surface area contributed by atoms with E-state index in [1.54, 1.807) is 6.08 Å². The molecule has 0 fully saturated rings. The number of rotatable bonds is 2. The van der Waals surface area contributed by atoms with Crippen molar-refractivity contribution in [2.45, 2.75) is 12.5 Å². The van der Waals surface area contributed by atoms with Crippen LogP contribution >= 0.6 is 11.6 Å². The van der Waals surface area contributed by atoms with Crippen molar-refractivity contribution in [2.24, 2.45) is 0 Å². The number of cyclic esters (lactones) is 1. The maximum absolute atomic E-state index is 11.8. The summed E-state index contributed by atoms with van der Waals surface area (Å²) in [7, 11) is 0. The molecule has 0 unspecified atom stereocenters. The van der Waals surface area contributed by atoms with Crippen LogP contribution in [0.2, 0.25) is 5.02 Å². The van der Waals surface area contributed by atoms with E-state index >= 15 is 0 Å². The molecule has 0 amide bonds. The molecular formula is C17H13ClO2. The van der Waals surface area contributed by atoms with E-state index < -0.39 is 0 Å². The Balaban J connectivity index is 1.91. The zero-order valence-electron chi connectivity index (χ0n) is 10.8. The van der Waals surface area contributed by atoms with Gasteiger partial charge in [-0.3, -0.25) is 0 Å². The lowest BCUT2D eigenvalue weighted by atomic mass is 9.94. The number of carbonyl (C=O) groups excluding carboxylic acids is 1. The SMILES string of the molecule is O=C1C=C(c2ccccc2)C[C@H](c2cccc(Cl)c2)O1. The number of benzene rings is 2. The molecular weight excluding hydrogens is 272 g/mol. The van der Waals surface area contributed by atoms with Crippen molar-refractivity contribution in [1.82, 2.24) is 0 Å². The fourth-order valence-electron chi connectivity index (χ4n) is 2.36. The van der Waals surface area contributed by atoms with Crippen LogP contribution in [0.25, 0.3) is 5.57 Å². The van der Waals surface area contributed by atoms with Gasteiger partial charge in [-0.1, -0.05) is 54.1 Å². The van der Waals surface area contributed by atoms with Crippen LogP contribution in [0.5, 0.6) is 0 Å². The normalized spacial score (nSPS) is 18.4. The maximum atomic E-state index is 11.8. The maximum Gasteiger partial charge on any atom is 0.331 e. The van der Waals surface area contributed by atoms with E-state index in [1.165, 1.54) is 0 Å². The molecule has 0 bridgehead atoms. The summed E-state index contributed by atoms with van der Waals surface area (Å²) in [6.45, 7) is 0. The first-order valence-corrected chi connectivity index (χ1v) is 6.82. The number of esters is 1.